The van der Waals surface area contributed by atoms with Gasteiger partial charge in [-0.3, -0.25) is 4.79 Å². The molecule has 0 bridgehead atoms. The molecule has 0 unspecified atom stereocenters. The number of Topliss-reactive ketones (excluding diaryl/α,β-unsaturated/α-hetero) is 1. The van der Waals surface area contributed by atoms with Crippen molar-refractivity contribution in [3.05, 3.63) is 35.4 Å². The maximum absolute atomic E-state index is 13.4. The van der Waals surface area contributed by atoms with E-state index in [1.165, 1.54) is 37.8 Å². The fourth-order valence-corrected chi connectivity index (χ4v) is 2.65. The number of carbonyl (C=O) groups is 1. The Balaban J connectivity index is 1.84. The van der Waals surface area contributed by atoms with Crippen LogP contribution in [0.15, 0.2) is 18.2 Å². The molecule has 0 spiro atoms. The molecule has 0 radical (unpaired) electrons. The van der Waals surface area contributed by atoms with Crippen LogP contribution in [0.3, 0.4) is 0 Å². The van der Waals surface area contributed by atoms with Crippen LogP contribution in [0, 0.1) is 17.6 Å². The lowest BCUT2D eigenvalue weighted by Crippen LogP contribution is -2.07. The number of benzene rings is 1. The summed E-state index contributed by atoms with van der Waals surface area (Å²) in [5.74, 6) is -1.10. The van der Waals surface area contributed by atoms with Crippen molar-refractivity contribution in [3.63, 3.8) is 0 Å². The second kappa shape index (κ2) is 6.07. The largest absolute Gasteiger partial charge is 0.299 e. The summed E-state index contributed by atoms with van der Waals surface area (Å²) in [6.45, 7) is 0. The van der Waals surface area contributed by atoms with Gasteiger partial charge >= 0.3 is 0 Å². The lowest BCUT2D eigenvalue weighted by atomic mass is 9.97. The summed E-state index contributed by atoms with van der Waals surface area (Å²) in [6.07, 6.45) is 6.34. The molecule has 3 heteroatoms. The van der Waals surface area contributed by atoms with Crippen LogP contribution in [-0.4, -0.2) is 5.78 Å². The quantitative estimate of drug-likeness (QED) is 0.772. The maximum atomic E-state index is 13.4. The molecule has 0 amide bonds. The Hall–Kier alpha value is -1.25. The molecule has 2 rings (SSSR count). The molecule has 1 aromatic rings. The zero-order valence-corrected chi connectivity index (χ0v) is 10.4. The fourth-order valence-electron chi connectivity index (χ4n) is 2.65. The molecular weight excluding hydrogens is 234 g/mol. The van der Waals surface area contributed by atoms with Crippen molar-refractivity contribution in [1.82, 2.24) is 0 Å². The Bertz CT molecular complexity index is 423. The smallest absolute Gasteiger partial charge is 0.162 e. The molecule has 0 N–H and O–H groups in total. The Morgan fingerprint density at radius 2 is 1.94 bits per heavy atom. The summed E-state index contributed by atoms with van der Waals surface area (Å²) in [7, 11) is 0. The van der Waals surface area contributed by atoms with Gasteiger partial charge in [0.1, 0.15) is 5.78 Å². The first-order valence-corrected chi connectivity index (χ1v) is 6.61. The summed E-state index contributed by atoms with van der Waals surface area (Å²) < 4.78 is 26.4. The van der Waals surface area contributed by atoms with E-state index in [-0.39, 0.29) is 17.8 Å². The van der Waals surface area contributed by atoms with Crippen LogP contribution < -0.4 is 0 Å². The number of carbonyl (C=O) groups excluding carboxylic acids is 1. The minimum atomic E-state index is -0.883. The van der Waals surface area contributed by atoms with E-state index in [9.17, 15) is 13.6 Å². The fraction of sp³-hybridized carbons (Fsp3) is 0.533. The lowest BCUT2D eigenvalue weighted by Gasteiger charge is -2.08. The molecule has 98 valence electrons. The minimum absolute atomic E-state index is 0.00593. The highest BCUT2D eigenvalue weighted by atomic mass is 19.2. The van der Waals surface area contributed by atoms with E-state index < -0.39 is 11.6 Å². The highest BCUT2D eigenvalue weighted by Crippen LogP contribution is 2.28. The van der Waals surface area contributed by atoms with Crippen molar-refractivity contribution in [3.8, 4) is 0 Å². The number of ketones is 1. The Kier molecular flexibility index (Phi) is 4.45. The molecule has 1 aromatic carbocycles. The van der Waals surface area contributed by atoms with E-state index in [1.807, 2.05) is 0 Å². The van der Waals surface area contributed by atoms with Gasteiger partial charge in [0.25, 0.3) is 0 Å². The first-order chi connectivity index (χ1) is 8.66. The predicted molar refractivity (Wildman–Crippen MR) is 66.3 cm³/mol. The van der Waals surface area contributed by atoms with Crippen LogP contribution in [-0.2, 0) is 11.2 Å². The van der Waals surface area contributed by atoms with Gasteiger partial charge in [-0.05, 0) is 24.0 Å². The van der Waals surface area contributed by atoms with E-state index in [0.717, 1.165) is 12.5 Å². The third kappa shape index (κ3) is 3.37. The van der Waals surface area contributed by atoms with Crippen molar-refractivity contribution >= 4 is 5.78 Å². The van der Waals surface area contributed by atoms with Crippen LogP contribution in [0.1, 0.15) is 44.1 Å². The molecule has 0 atom stereocenters. The molecule has 0 saturated heterocycles. The van der Waals surface area contributed by atoms with Gasteiger partial charge < -0.3 is 0 Å². The second-order valence-corrected chi connectivity index (χ2v) is 5.12. The number of halogens is 2. The Labute approximate surface area is 106 Å². The lowest BCUT2D eigenvalue weighted by molar-refractivity contribution is -0.118. The number of rotatable bonds is 5. The van der Waals surface area contributed by atoms with Crippen LogP contribution in [0.5, 0.6) is 0 Å². The molecule has 0 aromatic heterocycles. The monoisotopic (exact) mass is 252 g/mol. The van der Waals surface area contributed by atoms with Crippen LogP contribution >= 0.6 is 0 Å². The van der Waals surface area contributed by atoms with Crippen molar-refractivity contribution in [2.75, 3.05) is 0 Å². The molecule has 0 aliphatic heterocycles. The van der Waals surface area contributed by atoms with Crippen LogP contribution in [0.2, 0.25) is 0 Å². The van der Waals surface area contributed by atoms with Gasteiger partial charge in [-0.2, -0.15) is 0 Å². The van der Waals surface area contributed by atoms with E-state index in [2.05, 4.69) is 0 Å². The van der Waals surface area contributed by atoms with E-state index in [0.29, 0.717) is 12.3 Å². The summed E-state index contributed by atoms with van der Waals surface area (Å²) in [5.41, 5.74) is 0.173. The predicted octanol–water partition coefficient (Wildman–Crippen LogP) is 4.05. The summed E-state index contributed by atoms with van der Waals surface area (Å²) >= 11 is 0. The second-order valence-electron chi connectivity index (χ2n) is 5.12. The Morgan fingerprint density at radius 3 is 2.67 bits per heavy atom. The zero-order chi connectivity index (χ0) is 13.0. The minimum Gasteiger partial charge on any atom is -0.299 e. The van der Waals surface area contributed by atoms with Gasteiger partial charge in [-0.15, -0.1) is 0 Å². The highest BCUT2D eigenvalue weighted by Gasteiger charge is 2.17. The third-order valence-corrected chi connectivity index (χ3v) is 3.73. The van der Waals surface area contributed by atoms with Gasteiger partial charge in [-0.1, -0.05) is 37.8 Å². The molecule has 1 fully saturated rings. The molecule has 1 aliphatic rings. The maximum Gasteiger partial charge on any atom is 0.162 e. The van der Waals surface area contributed by atoms with Gasteiger partial charge in [0.2, 0.25) is 0 Å². The summed E-state index contributed by atoms with van der Waals surface area (Å²) in [5, 5.41) is 0. The first-order valence-electron chi connectivity index (χ1n) is 6.61. The number of hydrogen-bond acceptors (Lipinski definition) is 1. The molecule has 1 saturated carbocycles. The van der Waals surface area contributed by atoms with Crippen LogP contribution in [0.25, 0.3) is 0 Å². The first kappa shape index (κ1) is 13.2. The summed E-state index contributed by atoms with van der Waals surface area (Å²) in [4.78, 5) is 11.7. The SMILES string of the molecule is O=C(CCC1CCCC1)Cc1cccc(F)c1F. The van der Waals surface area contributed by atoms with Crippen molar-refractivity contribution < 1.29 is 13.6 Å². The average molecular weight is 252 g/mol. The van der Waals surface area contributed by atoms with Gasteiger partial charge in [0.05, 0.1) is 0 Å². The standard InChI is InChI=1S/C15H18F2O/c16-14-7-3-6-12(15(14)17)10-13(18)9-8-11-4-1-2-5-11/h3,6-7,11H,1-2,4-5,8-10H2. The van der Waals surface area contributed by atoms with Crippen LogP contribution in [0.4, 0.5) is 8.78 Å². The van der Waals surface area contributed by atoms with Gasteiger partial charge in [-0.25, -0.2) is 8.78 Å². The van der Waals surface area contributed by atoms with Gasteiger partial charge in [0, 0.05) is 12.8 Å². The zero-order valence-electron chi connectivity index (χ0n) is 10.4. The highest BCUT2D eigenvalue weighted by molar-refractivity contribution is 5.80. The van der Waals surface area contributed by atoms with E-state index in [1.54, 1.807) is 0 Å². The van der Waals surface area contributed by atoms with Crippen molar-refractivity contribution in [1.29, 1.82) is 0 Å². The number of hydrogen-bond donors (Lipinski definition) is 0. The molecule has 18 heavy (non-hydrogen) atoms. The molecule has 1 aliphatic carbocycles. The normalized spacial score (nSPS) is 16.1. The molecule has 1 nitrogen and oxygen atoms in total. The third-order valence-electron chi connectivity index (χ3n) is 3.73. The van der Waals surface area contributed by atoms with Gasteiger partial charge in [0.15, 0.2) is 11.6 Å². The topological polar surface area (TPSA) is 17.1 Å². The van der Waals surface area contributed by atoms with E-state index in [4.69, 9.17) is 0 Å². The average Bonchev–Trinajstić information content (AvgIpc) is 2.86. The summed E-state index contributed by atoms with van der Waals surface area (Å²) in [6, 6.07) is 3.99. The molecule has 0 heterocycles. The van der Waals surface area contributed by atoms with Crippen molar-refractivity contribution in [2.24, 2.45) is 5.92 Å². The molecular formula is C15H18F2O. The Morgan fingerprint density at radius 1 is 1.22 bits per heavy atom. The van der Waals surface area contributed by atoms with E-state index >= 15 is 0 Å². The van der Waals surface area contributed by atoms with Crippen molar-refractivity contribution in [2.45, 2.75) is 44.9 Å².